The molecule has 3 rings (SSSR count). The highest BCUT2D eigenvalue weighted by molar-refractivity contribution is 5.76. The number of aliphatic hydroxyl groups is 1. The first-order valence-electron chi connectivity index (χ1n) is 8.40. The number of hydrogen-bond donors (Lipinski definition) is 2. The van der Waals surface area contributed by atoms with Crippen molar-refractivity contribution in [2.24, 2.45) is 0 Å². The summed E-state index contributed by atoms with van der Waals surface area (Å²) in [6.07, 6.45) is 0.796. The zero-order valence-corrected chi connectivity index (χ0v) is 14.2. The monoisotopic (exact) mass is 343 g/mol. The third-order valence-electron chi connectivity index (χ3n) is 4.56. The van der Waals surface area contributed by atoms with Gasteiger partial charge < -0.3 is 15.2 Å². The molecule has 0 aliphatic carbocycles. The van der Waals surface area contributed by atoms with E-state index in [4.69, 9.17) is 4.74 Å². The Kier molecular flexibility index (Phi) is 5.16. The fourth-order valence-electron chi connectivity index (χ4n) is 3.07. The zero-order valence-electron chi connectivity index (χ0n) is 14.2. The van der Waals surface area contributed by atoms with Crippen molar-refractivity contribution in [3.8, 4) is 0 Å². The molecule has 0 saturated heterocycles. The van der Waals surface area contributed by atoms with Gasteiger partial charge in [0.1, 0.15) is 11.4 Å². The first-order chi connectivity index (χ1) is 12.0. The third kappa shape index (κ3) is 4.24. The molecule has 0 spiro atoms. The second-order valence-electron chi connectivity index (χ2n) is 6.57. The molecule has 25 heavy (non-hydrogen) atoms. The van der Waals surface area contributed by atoms with Crippen LogP contribution in [-0.4, -0.2) is 24.2 Å². The molecule has 2 atom stereocenters. The Bertz CT molecular complexity index is 743. The summed E-state index contributed by atoms with van der Waals surface area (Å²) in [5.41, 5.74) is 1.54. The molecule has 2 aromatic rings. The first kappa shape index (κ1) is 17.6. The highest BCUT2D eigenvalue weighted by Gasteiger charge is 2.26. The van der Waals surface area contributed by atoms with Gasteiger partial charge in [0, 0.05) is 0 Å². The number of carbonyl (C=O) groups excluding carboxylic acids is 1. The normalized spacial score (nSPS) is 18.9. The Morgan fingerprint density at radius 3 is 2.76 bits per heavy atom. The summed E-state index contributed by atoms with van der Waals surface area (Å²) in [5, 5.41) is 13.3. The van der Waals surface area contributed by atoms with E-state index < -0.39 is 5.60 Å². The van der Waals surface area contributed by atoms with Gasteiger partial charge in [0.15, 0.2) is 0 Å². The van der Waals surface area contributed by atoms with E-state index in [2.05, 4.69) is 11.4 Å². The largest absolute Gasteiger partial charge is 0.384 e. The van der Waals surface area contributed by atoms with Gasteiger partial charge in [-0.1, -0.05) is 36.4 Å². The molecule has 1 aliphatic rings. The Morgan fingerprint density at radius 1 is 1.28 bits per heavy atom. The van der Waals surface area contributed by atoms with Gasteiger partial charge in [-0.2, -0.15) is 0 Å². The Morgan fingerprint density at radius 2 is 2.00 bits per heavy atom. The van der Waals surface area contributed by atoms with Crippen molar-refractivity contribution < 1.29 is 19.0 Å². The molecule has 5 heteroatoms. The maximum absolute atomic E-state index is 13.0. The molecule has 0 bridgehead atoms. The van der Waals surface area contributed by atoms with Crippen molar-refractivity contribution >= 4 is 5.91 Å². The van der Waals surface area contributed by atoms with Gasteiger partial charge in [-0.3, -0.25) is 4.79 Å². The fraction of sp³-hybridized carbons (Fsp3) is 0.350. The number of benzene rings is 2. The van der Waals surface area contributed by atoms with Crippen LogP contribution in [-0.2, 0) is 21.6 Å². The van der Waals surface area contributed by atoms with Crippen LogP contribution in [0.5, 0.6) is 0 Å². The van der Waals surface area contributed by atoms with E-state index in [0.29, 0.717) is 12.2 Å². The predicted molar refractivity (Wildman–Crippen MR) is 92.4 cm³/mol. The standard InChI is InChI=1S/C20H22FNO3/c1-20(24,15-6-8-16(21)9-7-15)13-22-19(23)12-18-17-5-3-2-4-14(17)10-11-25-18/h2-9,18,24H,10-13H2,1H3,(H,22,23). The molecule has 2 aromatic carbocycles. The minimum atomic E-state index is -1.27. The lowest BCUT2D eigenvalue weighted by Gasteiger charge is -2.27. The van der Waals surface area contributed by atoms with E-state index in [1.807, 2.05) is 18.2 Å². The van der Waals surface area contributed by atoms with Crippen molar-refractivity contribution in [2.75, 3.05) is 13.2 Å². The molecule has 1 amide bonds. The lowest BCUT2D eigenvalue weighted by atomic mass is 9.94. The maximum Gasteiger partial charge on any atom is 0.223 e. The lowest BCUT2D eigenvalue weighted by molar-refractivity contribution is -0.125. The van der Waals surface area contributed by atoms with Crippen LogP contribution in [0.4, 0.5) is 4.39 Å². The van der Waals surface area contributed by atoms with Gasteiger partial charge in [-0.05, 0) is 42.2 Å². The molecule has 0 saturated carbocycles. The molecule has 1 heterocycles. The van der Waals surface area contributed by atoms with Crippen molar-refractivity contribution in [1.82, 2.24) is 5.32 Å². The van der Waals surface area contributed by atoms with E-state index in [1.54, 1.807) is 6.92 Å². The molecular weight excluding hydrogens is 321 g/mol. The van der Waals surface area contributed by atoms with Gasteiger partial charge >= 0.3 is 0 Å². The Labute approximate surface area is 146 Å². The average molecular weight is 343 g/mol. The van der Waals surface area contributed by atoms with Gasteiger partial charge in [-0.25, -0.2) is 4.39 Å². The minimum absolute atomic E-state index is 0.0475. The number of amides is 1. The average Bonchev–Trinajstić information content (AvgIpc) is 2.61. The quantitative estimate of drug-likeness (QED) is 0.878. The van der Waals surface area contributed by atoms with E-state index in [1.165, 1.54) is 29.8 Å². The summed E-state index contributed by atoms with van der Waals surface area (Å²) in [4.78, 5) is 12.3. The summed E-state index contributed by atoms with van der Waals surface area (Å²) in [6, 6.07) is 13.6. The van der Waals surface area contributed by atoms with Crippen molar-refractivity contribution in [3.63, 3.8) is 0 Å². The lowest BCUT2D eigenvalue weighted by Crippen LogP contribution is -2.39. The van der Waals surface area contributed by atoms with E-state index in [0.717, 1.165) is 12.0 Å². The van der Waals surface area contributed by atoms with Gasteiger partial charge in [0.05, 0.1) is 25.7 Å². The molecule has 0 aromatic heterocycles. The second-order valence-corrected chi connectivity index (χ2v) is 6.57. The fourth-order valence-corrected chi connectivity index (χ4v) is 3.07. The molecule has 2 unspecified atom stereocenters. The van der Waals surface area contributed by atoms with Crippen molar-refractivity contribution in [2.45, 2.75) is 31.5 Å². The highest BCUT2D eigenvalue weighted by atomic mass is 19.1. The zero-order chi connectivity index (χ0) is 17.9. The summed E-state index contributed by atoms with van der Waals surface area (Å²) < 4.78 is 18.7. The summed E-state index contributed by atoms with van der Waals surface area (Å²) in [7, 11) is 0. The molecular formula is C20H22FNO3. The Hall–Kier alpha value is -2.24. The van der Waals surface area contributed by atoms with Crippen LogP contribution in [0.3, 0.4) is 0 Å². The third-order valence-corrected chi connectivity index (χ3v) is 4.56. The predicted octanol–water partition coefficient (Wildman–Crippen LogP) is 2.85. The smallest absolute Gasteiger partial charge is 0.223 e. The van der Waals surface area contributed by atoms with Crippen LogP contribution in [0.1, 0.15) is 36.1 Å². The van der Waals surface area contributed by atoms with E-state index in [-0.39, 0.29) is 30.8 Å². The summed E-state index contributed by atoms with van der Waals surface area (Å²) in [5.74, 6) is -0.555. The van der Waals surface area contributed by atoms with Gasteiger partial charge in [-0.15, -0.1) is 0 Å². The molecule has 2 N–H and O–H groups in total. The van der Waals surface area contributed by atoms with E-state index >= 15 is 0 Å². The van der Waals surface area contributed by atoms with E-state index in [9.17, 15) is 14.3 Å². The van der Waals surface area contributed by atoms with Crippen LogP contribution >= 0.6 is 0 Å². The number of rotatable bonds is 5. The van der Waals surface area contributed by atoms with Gasteiger partial charge in [0.2, 0.25) is 5.91 Å². The number of nitrogens with one attached hydrogen (secondary N) is 1. The first-order valence-corrected chi connectivity index (χ1v) is 8.40. The SMILES string of the molecule is CC(O)(CNC(=O)CC1OCCc2ccccc21)c1ccc(F)cc1. The van der Waals surface area contributed by atoms with Gasteiger partial charge in [0.25, 0.3) is 0 Å². The Balaban J connectivity index is 1.59. The van der Waals surface area contributed by atoms with Crippen LogP contribution in [0, 0.1) is 5.82 Å². The summed E-state index contributed by atoms with van der Waals surface area (Å²) >= 11 is 0. The van der Waals surface area contributed by atoms with Crippen LogP contribution in [0.25, 0.3) is 0 Å². The summed E-state index contributed by atoms with van der Waals surface area (Å²) in [6.45, 7) is 2.24. The molecule has 4 nitrogen and oxygen atoms in total. The number of ether oxygens (including phenoxy) is 1. The molecule has 1 aliphatic heterocycles. The maximum atomic E-state index is 13.0. The molecule has 0 fully saturated rings. The number of fused-ring (bicyclic) bond motifs is 1. The van der Waals surface area contributed by atoms with Crippen LogP contribution in [0.15, 0.2) is 48.5 Å². The highest BCUT2D eigenvalue weighted by Crippen LogP contribution is 2.29. The minimum Gasteiger partial charge on any atom is -0.384 e. The second kappa shape index (κ2) is 7.33. The topological polar surface area (TPSA) is 58.6 Å². The number of halogens is 1. The van der Waals surface area contributed by atoms with Crippen LogP contribution < -0.4 is 5.32 Å². The molecule has 132 valence electrons. The van der Waals surface area contributed by atoms with Crippen LogP contribution in [0.2, 0.25) is 0 Å². The molecule has 0 radical (unpaired) electrons. The number of carbonyl (C=O) groups is 1. The number of hydrogen-bond acceptors (Lipinski definition) is 3. The van der Waals surface area contributed by atoms with Crippen molar-refractivity contribution in [3.05, 3.63) is 71.0 Å². The van der Waals surface area contributed by atoms with Crippen molar-refractivity contribution in [1.29, 1.82) is 0 Å².